The number of carbonyl (C=O) groups is 1. The molecule has 0 radical (unpaired) electrons. The molecule has 1 amide bonds. The Morgan fingerprint density at radius 3 is 2.50 bits per heavy atom. The summed E-state index contributed by atoms with van der Waals surface area (Å²) < 4.78 is 0. The fourth-order valence-corrected chi connectivity index (χ4v) is 2.38. The lowest BCUT2D eigenvalue weighted by Crippen LogP contribution is -2.38. The molecule has 1 saturated carbocycles. The van der Waals surface area contributed by atoms with Gasteiger partial charge in [0, 0.05) is 19.0 Å². The monoisotopic (exact) mass is 226 g/mol. The minimum atomic E-state index is 0.00233. The smallest absolute Gasteiger partial charge is 0.224 e. The zero-order valence-electron chi connectivity index (χ0n) is 10.7. The van der Waals surface area contributed by atoms with Crippen LogP contribution in [0, 0.1) is 17.8 Å². The minimum Gasteiger partial charge on any atom is -0.356 e. The first kappa shape index (κ1) is 13.5. The van der Waals surface area contributed by atoms with Crippen LogP contribution in [0.3, 0.4) is 0 Å². The van der Waals surface area contributed by atoms with Gasteiger partial charge < -0.3 is 11.1 Å². The summed E-state index contributed by atoms with van der Waals surface area (Å²) in [4.78, 5) is 11.7. The van der Waals surface area contributed by atoms with Gasteiger partial charge in [-0.1, -0.05) is 26.7 Å². The van der Waals surface area contributed by atoms with Crippen LogP contribution in [0.2, 0.25) is 0 Å². The van der Waals surface area contributed by atoms with Gasteiger partial charge in [0.25, 0.3) is 0 Å². The summed E-state index contributed by atoms with van der Waals surface area (Å²) in [6.07, 6.45) is 6.00. The van der Waals surface area contributed by atoms with Gasteiger partial charge in [0.05, 0.1) is 0 Å². The van der Waals surface area contributed by atoms with Crippen LogP contribution in [-0.2, 0) is 4.79 Å². The van der Waals surface area contributed by atoms with Crippen molar-refractivity contribution in [2.45, 2.75) is 46.0 Å². The van der Waals surface area contributed by atoms with Crippen LogP contribution in [0.1, 0.15) is 46.0 Å². The topological polar surface area (TPSA) is 55.1 Å². The van der Waals surface area contributed by atoms with Gasteiger partial charge in [-0.25, -0.2) is 0 Å². The molecule has 0 spiro atoms. The molecule has 0 aromatic carbocycles. The Hall–Kier alpha value is -0.570. The van der Waals surface area contributed by atoms with E-state index >= 15 is 0 Å². The highest BCUT2D eigenvalue weighted by atomic mass is 16.1. The lowest BCUT2D eigenvalue weighted by Gasteiger charge is -2.26. The molecule has 16 heavy (non-hydrogen) atoms. The standard InChI is InChI=1S/C13H26N2O/c1-3-12(8-14)13(16)15-9-11-6-4-10(2)5-7-11/h10-12H,3-9,14H2,1-2H3,(H,15,16). The molecule has 1 aliphatic carbocycles. The van der Waals surface area contributed by atoms with Gasteiger partial charge in [-0.05, 0) is 31.1 Å². The van der Waals surface area contributed by atoms with E-state index in [2.05, 4.69) is 12.2 Å². The van der Waals surface area contributed by atoms with E-state index in [1.165, 1.54) is 25.7 Å². The zero-order chi connectivity index (χ0) is 12.0. The van der Waals surface area contributed by atoms with Crippen LogP contribution in [-0.4, -0.2) is 19.0 Å². The highest BCUT2D eigenvalue weighted by Crippen LogP contribution is 2.27. The molecule has 1 fully saturated rings. The summed E-state index contributed by atoms with van der Waals surface area (Å²) in [6.45, 7) is 5.64. The molecule has 1 rings (SSSR count). The quantitative estimate of drug-likeness (QED) is 0.752. The molecule has 3 N–H and O–H groups in total. The Bertz CT molecular complexity index is 206. The maximum absolute atomic E-state index is 11.7. The summed E-state index contributed by atoms with van der Waals surface area (Å²) in [5.41, 5.74) is 5.55. The highest BCUT2D eigenvalue weighted by molar-refractivity contribution is 5.78. The van der Waals surface area contributed by atoms with Gasteiger partial charge in [0.15, 0.2) is 0 Å². The van der Waals surface area contributed by atoms with Crippen molar-refractivity contribution in [3.8, 4) is 0 Å². The molecule has 94 valence electrons. The summed E-state index contributed by atoms with van der Waals surface area (Å²) >= 11 is 0. The summed E-state index contributed by atoms with van der Waals surface area (Å²) in [5.74, 6) is 1.71. The highest BCUT2D eigenvalue weighted by Gasteiger charge is 2.20. The third-order valence-corrected chi connectivity index (χ3v) is 3.85. The van der Waals surface area contributed by atoms with Crippen molar-refractivity contribution in [1.82, 2.24) is 5.32 Å². The Balaban J connectivity index is 2.21. The van der Waals surface area contributed by atoms with Crippen LogP contribution in [0.5, 0.6) is 0 Å². The van der Waals surface area contributed by atoms with E-state index in [0.29, 0.717) is 12.5 Å². The molecular formula is C13H26N2O. The van der Waals surface area contributed by atoms with Crippen molar-refractivity contribution in [3.63, 3.8) is 0 Å². The van der Waals surface area contributed by atoms with Crippen molar-refractivity contribution in [3.05, 3.63) is 0 Å². The molecule has 0 aliphatic heterocycles. The number of carbonyl (C=O) groups excluding carboxylic acids is 1. The van der Waals surface area contributed by atoms with Gasteiger partial charge in [0.1, 0.15) is 0 Å². The van der Waals surface area contributed by atoms with E-state index in [0.717, 1.165) is 18.9 Å². The van der Waals surface area contributed by atoms with E-state index < -0.39 is 0 Å². The Kier molecular flexibility index (Phi) is 5.81. The van der Waals surface area contributed by atoms with Crippen molar-refractivity contribution >= 4 is 5.91 Å². The second-order valence-corrected chi connectivity index (χ2v) is 5.21. The predicted octanol–water partition coefficient (Wildman–Crippen LogP) is 1.91. The first-order valence-electron chi connectivity index (χ1n) is 6.65. The number of hydrogen-bond donors (Lipinski definition) is 2. The number of hydrogen-bond acceptors (Lipinski definition) is 2. The molecule has 1 atom stereocenters. The second-order valence-electron chi connectivity index (χ2n) is 5.21. The summed E-state index contributed by atoms with van der Waals surface area (Å²) in [7, 11) is 0. The SMILES string of the molecule is CCC(CN)C(=O)NCC1CCC(C)CC1. The Morgan fingerprint density at radius 2 is 2.00 bits per heavy atom. The largest absolute Gasteiger partial charge is 0.356 e. The number of rotatable bonds is 5. The van der Waals surface area contributed by atoms with Gasteiger partial charge in [-0.3, -0.25) is 4.79 Å². The second kappa shape index (κ2) is 6.89. The van der Waals surface area contributed by atoms with Crippen LogP contribution < -0.4 is 11.1 Å². The first-order chi connectivity index (χ1) is 7.67. The van der Waals surface area contributed by atoms with Gasteiger partial charge in [-0.15, -0.1) is 0 Å². The first-order valence-corrected chi connectivity index (χ1v) is 6.65. The van der Waals surface area contributed by atoms with E-state index in [4.69, 9.17) is 5.73 Å². The minimum absolute atomic E-state index is 0.00233. The maximum atomic E-state index is 11.7. The van der Waals surface area contributed by atoms with Gasteiger partial charge >= 0.3 is 0 Å². The zero-order valence-corrected chi connectivity index (χ0v) is 10.7. The third-order valence-electron chi connectivity index (χ3n) is 3.85. The lowest BCUT2D eigenvalue weighted by molar-refractivity contribution is -0.125. The van der Waals surface area contributed by atoms with Crippen molar-refractivity contribution in [2.75, 3.05) is 13.1 Å². The number of amides is 1. The fraction of sp³-hybridized carbons (Fsp3) is 0.923. The Labute approximate surface area is 99.2 Å². The summed E-state index contributed by atoms with van der Waals surface area (Å²) in [5, 5.41) is 3.05. The van der Waals surface area contributed by atoms with Gasteiger partial charge in [-0.2, -0.15) is 0 Å². The van der Waals surface area contributed by atoms with E-state index in [9.17, 15) is 4.79 Å². The molecular weight excluding hydrogens is 200 g/mol. The van der Waals surface area contributed by atoms with Crippen molar-refractivity contribution < 1.29 is 4.79 Å². The summed E-state index contributed by atoms with van der Waals surface area (Å²) in [6, 6.07) is 0. The van der Waals surface area contributed by atoms with Crippen LogP contribution >= 0.6 is 0 Å². The molecule has 3 heteroatoms. The van der Waals surface area contributed by atoms with E-state index in [1.807, 2.05) is 6.92 Å². The molecule has 3 nitrogen and oxygen atoms in total. The van der Waals surface area contributed by atoms with E-state index in [-0.39, 0.29) is 11.8 Å². The molecule has 0 aromatic heterocycles. The molecule has 1 aliphatic rings. The lowest BCUT2D eigenvalue weighted by atomic mass is 9.83. The number of nitrogens with two attached hydrogens (primary N) is 1. The van der Waals surface area contributed by atoms with Crippen LogP contribution in [0.15, 0.2) is 0 Å². The molecule has 1 unspecified atom stereocenters. The normalized spacial score (nSPS) is 27.4. The van der Waals surface area contributed by atoms with E-state index in [1.54, 1.807) is 0 Å². The molecule has 0 aromatic rings. The fourth-order valence-electron chi connectivity index (χ4n) is 2.38. The Morgan fingerprint density at radius 1 is 1.38 bits per heavy atom. The maximum Gasteiger partial charge on any atom is 0.224 e. The van der Waals surface area contributed by atoms with Gasteiger partial charge in [0.2, 0.25) is 5.91 Å². The van der Waals surface area contributed by atoms with Crippen LogP contribution in [0.25, 0.3) is 0 Å². The van der Waals surface area contributed by atoms with Crippen molar-refractivity contribution in [2.24, 2.45) is 23.5 Å². The van der Waals surface area contributed by atoms with Crippen LogP contribution in [0.4, 0.5) is 0 Å². The molecule has 0 heterocycles. The number of nitrogens with one attached hydrogen (secondary N) is 1. The third kappa shape index (κ3) is 4.12. The molecule has 0 saturated heterocycles. The molecule has 0 bridgehead atoms. The average molecular weight is 226 g/mol. The average Bonchev–Trinajstić information content (AvgIpc) is 2.30. The van der Waals surface area contributed by atoms with Crippen molar-refractivity contribution in [1.29, 1.82) is 0 Å². The predicted molar refractivity (Wildman–Crippen MR) is 67.0 cm³/mol.